The summed E-state index contributed by atoms with van der Waals surface area (Å²) in [5.41, 5.74) is 5.70. The zero-order valence-corrected chi connectivity index (χ0v) is 8.85. The van der Waals surface area contributed by atoms with Crippen LogP contribution in [0.3, 0.4) is 0 Å². The van der Waals surface area contributed by atoms with E-state index in [9.17, 15) is 9.59 Å². The molecule has 0 unspecified atom stereocenters. The highest BCUT2D eigenvalue weighted by atomic mass is 16.5. The molecule has 5 heteroatoms. The summed E-state index contributed by atoms with van der Waals surface area (Å²) in [4.78, 5) is 21.8. The van der Waals surface area contributed by atoms with Crippen molar-refractivity contribution in [3.8, 4) is 0 Å². The Kier molecular flexibility index (Phi) is 4.97. The van der Waals surface area contributed by atoms with Gasteiger partial charge < -0.3 is 10.1 Å². The summed E-state index contributed by atoms with van der Waals surface area (Å²) in [5.74, 6) is -0.843. The van der Waals surface area contributed by atoms with Crippen LogP contribution in [-0.4, -0.2) is 24.1 Å². The number of ether oxygens (including phenoxy) is 1. The van der Waals surface area contributed by atoms with Crippen molar-refractivity contribution in [2.75, 3.05) is 6.61 Å². The molecule has 0 atom stereocenters. The van der Waals surface area contributed by atoms with Crippen LogP contribution >= 0.6 is 0 Å². The minimum atomic E-state index is -1.18. The van der Waals surface area contributed by atoms with Crippen LogP contribution in [0.4, 0.5) is 4.79 Å². The van der Waals surface area contributed by atoms with Gasteiger partial charge in [-0.15, -0.1) is 0 Å². The Bertz CT molecular complexity index is 214. The molecule has 0 saturated heterocycles. The van der Waals surface area contributed by atoms with Crippen LogP contribution in [0.25, 0.3) is 0 Å². The van der Waals surface area contributed by atoms with E-state index in [1.807, 2.05) is 6.92 Å². The van der Waals surface area contributed by atoms with Gasteiger partial charge in [0.2, 0.25) is 0 Å². The van der Waals surface area contributed by atoms with Crippen LogP contribution in [0.2, 0.25) is 0 Å². The third-order valence-electron chi connectivity index (χ3n) is 1.71. The molecule has 0 heterocycles. The molecule has 5 nitrogen and oxygen atoms in total. The molecule has 0 rings (SSSR count). The molecule has 0 fully saturated rings. The normalized spacial score (nSPS) is 10.8. The van der Waals surface area contributed by atoms with E-state index in [0.717, 1.165) is 12.8 Å². The lowest BCUT2D eigenvalue weighted by Gasteiger charge is -2.20. The molecule has 0 saturated carbocycles. The molecule has 0 spiro atoms. The van der Waals surface area contributed by atoms with Crippen molar-refractivity contribution in [3.63, 3.8) is 0 Å². The predicted octanol–water partition coefficient (Wildman–Crippen LogP) is 1.10. The summed E-state index contributed by atoms with van der Waals surface area (Å²) in [6, 6.07) is 0. The summed E-state index contributed by atoms with van der Waals surface area (Å²) in [5, 5.41) is 2.32. The summed E-state index contributed by atoms with van der Waals surface area (Å²) in [7, 11) is 0. The zero-order chi connectivity index (χ0) is 11.2. The fourth-order valence-corrected chi connectivity index (χ4v) is 0.657. The largest absolute Gasteiger partial charge is 0.450 e. The quantitative estimate of drug-likeness (QED) is 0.676. The van der Waals surface area contributed by atoms with Crippen LogP contribution in [0.1, 0.15) is 33.6 Å². The van der Waals surface area contributed by atoms with Gasteiger partial charge in [-0.2, -0.15) is 0 Å². The highest BCUT2D eigenvalue weighted by Crippen LogP contribution is 2.01. The first-order valence-corrected chi connectivity index (χ1v) is 4.61. The van der Waals surface area contributed by atoms with E-state index in [-0.39, 0.29) is 0 Å². The molecule has 14 heavy (non-hydrogen) atoms. The lowest BCUT2D eigenvalue weighted by Crippen LogP contribution is -2.50. The zero-order valence-electron chi connectivity index (χ0n) is 8.85. The van der Waals surface area contributed by atoms with E-state index < -0.39 is 17.5 Å². The monoisotopic (exact) mass is 201 g/mol. The third-order valence-corrected chi connectivity index (χ3v) is 1.71. The number of alkyl carbamates (subject to hydrolysis) is 1. The first-order valence-electron chi connectivity index (χ1n) is 4.61. The molecule has 0 aliphatic heterocycles. The fourth-order valence-electron chi connectivity index (χ4n) is 0.657. The van der Waals surface area contributed by atoms with Crippen LogP contribution < -0.4 is 11.1 Å². The van der Waals surface area contributed by atoms with Gasteiger partial charge in [-0.1, -0.05) is 13.3 Å². The second-order valence-corrected chi connectivity index (χ2v) is 3.57. The second kappa shape index (κ2) is 5.47. The van der Waals surface area contributed by atoms with E-state index in [1.54, 1.807) is 0 Å². The van der Waals surface area contributed by atoms with E-state index in [4.69, 9.17) is 10.5 Å². The topological polar surface area (TPSA) is 79.2 Å². The average molecular weight is 201 g/mol. The molecular weight excluding hydrogens is 184 g/mol. The van der Waals surface area contributed by atoms with E-state index in [1.165, 1.54) is 13.8 Å². The first kappa shape index (κ1) is 12.7. The molecule has 81 valence electrons. The van der Waals surface area contributed by atoms with Crippen LogP contribution in [0.5, 0.6) is 0 Å². The average Bonchev–Trinajstić information content (AvgIpc) is 2.03. The number of nitrogens with one attached hydrogen (secondary N) is 2. The first-order chi connectivity index (χ1) is 6.40. The van der Waals surface area contributed by atoms with Gasteiger partial charge in [-0.3, -0.25) is 10.5 Å². The van der Waals surface area contributed by atoms with Gasteiger partial charge >= 0.3 is 6.09 Å². The van der Waals surface area contributed by atoms with Crippen molar-refractivity contribution in [2.24, 2.45) is 0 Å². The minimum Gasteiger partial charge on any atom is -0.450 e. The van der Waals surface area contributed by atoms with Gasteiger partial charge in [-0.05, 0) is 20.3 Å². The smallest absolute Gasteiger partial charge is 0.407 e. The maximum absolute atomic E-state index is 11.1. The summed E-state index contributed by atoms with van der Waals surface area (Å²) in [6.07, 6.45) is 1.08. The van der Waals surface area contributed by atoms with Crippen molar-refractivity contribution < 1.29 is 14.3 Å². The van der Waals surface area contributed by atoms with Crippen molar-refractivity contribution in [2.45, 2.75) is 39.2 Å². The van der Waals surface area contributed by atoms with E-state index in [0.29, 0.717) is 6.61 Å². The van der Waals surface area contributed by atoms with Gasteiger partial charge in [0.15, 0.2) is 0 Å². The molecule has 0 aliphatic carbocycles. The van der Waals surface area contributed by atoms with Crippen molar-refractivity contribution in [1.82, 2.24) is 11.1 Å². The summed E-state index contributed by atoms with van der Waals surface area (Å²) < 4.78 is 4.78. The standard InChI is InChI=1S/C9H17N2O3/c1-4-5-6-14-8(13)11-9(2,3)7(10)12/h10H,4-6H2,1-3H3,(H,11,13). The Morgan fingerprint density at radius 2 is 2.00 bits per heavy atom. The van der Waals surface area contributed by atoms with Crippen LogP contribution in [-0.2, 0) is 9.53 Å². The van der Waals surface area contributed by atoms with Gasteiger partial charge in [0.05, 0.1) is 6.61 Å². The number of hydrogen-bond acceptors (Lipinski definition) is 3. The number of carbonyl (C=O) groups excluding carboxylic acids is 2. The highest BCUT2D eigenvalue weighted by Gasteiger charge is 2.28. The summed E-state index contributed by atoms with van der Waals surface area (Å²) >= 11 is 0. The molecule has 0 aromatic heterocycles. The van der Waals surface area contributed by atoms with Gasteiger partial charge in [0, 0.05) is 0 Å². The maximum atomic E-state index is 11.1. The third kappa shape index (κ3) is 4.69. The van der Waals surface area contributed by atoms with E-state index in [2.05, 4.69) is 5.32 Å². The SMILES string of the molecule is CCCCOC(=O)NC(C)(C)C([NH])=O. The lowest BCUT2D eigenvalue weighted by atomic mass is 10.1. The number of amides is 2. The molecule has 0 aromatic carbocycles. The molecule has 0 bridgehead atoms. The Hall–Kier alpha value is -1.26. The molecule has 0 aliphatic rings. The molecular formula is C9H17N2O3. The number of carbonyl (C=O) groups is 2. The van der Waals surface area contributed by atoms with Crippen LogP contribution in [0.15, 0.2) is 0 Å². The van der Waals surface area contributed by atoms with E-state index >= 15 is 0 Å². The fraction of sp³-hybridized carbons (Fsp3) is 0.778. The van der Waals surface area contributed by atoms with Crippen molar-refractivity contribution in [3.05, 3.63) is 0 Å². The summed E-state index contributed by atoms with van der Waals surface area (Å²) in [6.45, 7) is 5.25. The number of rotatable bonds is 5. The molecule has 2 amide bonds. The van der Waals surface area contributed by atoms with Gasteiger partial charge in [0.25, 0.3) is 5.91 Å². The Labute approximate surface area is 84.0 Å². The minimum absolute atomic E-state index is 0.338. The Balaban J connectivity index is 3.88. The van der Waals surface area contributed by atoms with Crippen molar-refractivity contribution >= 4 is 12.0 Å². The van der Waals surface area contributed by atoms with Crippen molar-refractivity contribution in [1.29, 1.82) is 0 Å². The van der Waals surface area contributed by atoms with Crippen LogP contribution in [0, 0.1) is 0 Å². The molecule has 0 aromatic rings. The van der Waals surface area contributed by atoms with Gasteiger partial charge in [-0.25, -0.2) is 4.79 Å². The predicted molar refractivity (Wildman–Crippen MR) is 51.6 cm³/mol. The Morgan fingerprint density at radius 1 is 1.43 bits per heavy atom. The maximum Gasteiger partial charge on any atom is 0.407 e. The van der Waals surface area contributed by atoms with Gasteiger partial charge in [0.1, 0.15) is 5.54 Å². The molecule has 2 N–H and O–H groups in total. The lowest BCUT2D eigenvalue weighted by molar-refractivity contribution is -0.123. The molecule has 1 radical (unpaired) electrons. The second-order valence-electron chi connectivity index (χ2n) is 3.57. The number of hydrogen-bond donors (Lipinski definition) is 1. The Morgan fingerprint density at radius 3 is 2.43 bits per heavy atom. The number of unbranched alkanes of at least 4 members (excludes halogenated alkanes) is 1. The highest BCUT2D eigenvalue weighted by molar-refractivity contribution is 5.87.